The molecule has 0 fully saturated rings. The number of anilines is 1. The fourth-order valence-corrected chi connectivity index (χ4v) is 3.92. The maximum Gasteiger partial charge on any atom is 0.349 e. The normalized spacial score (nSPS) is 11.1. The average molecular weight is 437 g/mol. The third kappa shape index (κ3) is 4.03. The van der Waals surface area contributed by atoms with Crippen LogP contribution in [0.25, 0.3) is 45.0 Å². The van der Waals surface area contributed by atoms with Crippen LogP contribution in [0.1, 0.15) is 13.8 Å². The van der Waals surface area contributed by atoms with Gasteiger partial charge in [0.2, 0.25) is 5.89 Å². The first-order valence-electron chi connectivity index (χ1n) is 11.0. The summed E-state index contributed by atoms with van der Waals surface area (Å²) in [6.07, 6.45) is 0. The second kappa shape index (κ2) is 8.74. The maximum atomic E-state index is 12.7. The molecule has 5 rings (SSSR count). The van der Waals surface area contributed by atoms with Gasteiger partial charge in [0, 0.05) is 35.8 Å². The van der Waals surface area contributed by atoms with E-state index in [0.29, 0.717) is 11.5 Å². The van der Waals surface area contributed by atoms with Crippen LogP contribution in [0.3, 0.4) is 0 Å². The van der Waals surface area contributed by atoms with Crippen LogP contribution < -0.4 is 10.5 Å². The summed E-state index contributed by atoms with van der Waals surface area (Å²) in [5, 5.41) is 9.04. The number of hydrogen-bond donors (Lipinski definition) is 0. The molecule has 0 bridgehead atoms. The van der Waals surface area contributed by atoms with Crippen LogP contribution in [0.15, 0.2) is 92.5 Å². The third-order valence-electron chi connectivity index (χ3n) is 5.74. The molecule has 0 saturated heterocycles. The Morgan fingerprint density at radius 2 is 1.39 bits per heavy atom. The highest BCUT2D eigenvalue weighted by Crippen LogP contribution is 2.28. The Morgan fingerprint density at radius 1 is 0.727 bits per heavy atom. The van der Waals surface area contributed by atoms with Gasteiger partial charge in [-0.1, -0.05) is 42.5 Å². The van der Waals surface area contributed by atoms with Gasteiger partial charge >= 0.3 is 5.63 Å². The average Bonchev–Trinajstić information content (AvgIpc) is 3.35. The highest BCUT2D eigenvalue weighted by molar-refractivity contribution is 5.83. The second-order valence-electron chi connectivity index (χ2n) is 7.70. The summed E-state index contributed by atoms with van der Waals surface area (Å²) in [5.74, 6) is 0.488. The van der Waals surface area contributed by atoms with Crippen LogP contribution in [0.5, 0.6) is 0 Å². The molecule has 5 aromatic rings. The molecule has 0 atom stereocenters. The molecular weight excluding hydrogens is 414 g/mol. The van der Waals surface area contributed by atoms with Crippen LogP contribution in [0.2, 0.25) is 0 Å². The molecule has 0 N–H and O–H groups in total. The van der Waals surface area contributed by atoms with Crippen molar-refractivity contribution < 1.29 is 8.83 Å². The fourth-order valence-electron chi connectivity index (χ4n) is 3.92. The molecule has 6 nitrogen and oxygen atoms in total. The van der Waals surface area contributed by atoms with Gasteiger partial charge in [0.25, 0.3) is 5.89 Å². The van der Waals surface area contributed by atoms with Gasteiger partial charge in [-0.3, -0.25) is 0 Å². The molecule has 0 aliphatic rings. The predicted octanol–water partition coefficient (Wildman–Crippen LogP) is 6.02. The second-order valence-corrected chi connectivity index (χ2v) is 7.70. The minimum Gasteiger partial charge on any atom is -0.422 e. The van der Waals surface area contributed by atoms with Crippen molar-refractivity contribution in [3.63, 3.8) is 0 Å². The third-order valence-corrected chi connectivity index (χ3v) is 5.74. The summed E-state index contributed by atoms with van der Waals surface area (Å²) < 4.78 is 11.4. The Hall–Kier alpha value is -4.19. The van der Waals surface area contributed by atoms with Crippen molar-refractivity contribution in [1.29, 1.82) is 0 Å². The molecule has 0 aliphatic carbocycles. The van der Waals surface area contributed by atoms with Gasteiger partial charge in [-0.25, -0.2) is 4.79 Å². The first-order chi connectivity index (χ1) is 16.2. The monoisotopic (exact) mass is 437 g/mol. The fraction of sp³-hybridized carbons (Fsp3) is 0.148. The zero-order chi connectivity index (χ0) is 22.8. The number of fused-ring (bicyclic) bond motifs is 1. The lowest BCUT2D eigenvalue weighted by atomic mass is 10.0. The molecular formula is C27H23N3O3. The minimum absolute atomic E-state index is 0.139. The van der Waals surface area contributed by atoms with Crippen molar-refractivity contribution in [3.8, 4) is 34.0 Å². The largest absolute Gasteiger partial charge is 0.422 e. The standard InChI is InChI=1S/C27H23N3O3/c1-3-30(4-2)22-15-14-21-16-23(27(31)32-24(21)17-22)26-29-28-25(33-26)20-12-10-19(11-13-20)18-8-6-5-7-9-18/h5-17H,3-4H2,1-2H3. The van der Waals surface area contributed by atoms with Gasteiger partial charge < -0.3 is 13.7 Å². The first-order valence-corrected chi connectivity index (χ1v) is 11.0. The summed E-state index contributed by atoms with van der Waals surface area (Å²) in [6, 6.07) is 25.6. The summed E-state index contributed by atoms with van der Waals surface area (Å²) in [6.45, 7) is 5.94. The number of aromatic nitrogens is 2. The number of nitrogens with zero attached hydrogens (tertiary/aromatic N) is 3. The molecule has 6 heteroatoms. The summed E-state index contributed by atoms with van der Waals surface area (Å²) in [4.78, 5) is 14.9. The number of hydrogen-bond acceptors (Lipinski definition) is 6. The van der Waals surface area contributed by atoms with Crippen molar-refractivity contribution in [2.45, 2.75) is 13.8 Å². The number of benzene rings is 3. The molecule has 0 unspecified atom stereocenters. The van der Waals surface area contributed by atoms with Crippen molar-refractivity contribution in [3.05, 3.63) is 89.3 Å². The van der Waals surface area contributed by atoms with E-state index < -0.39 is 5.63 Å². The Labute approximate surface area is 191 Å². The summed E-state index contributed by atoms with van der Waals surface area (Å²) in [7, 11) is 0. The molecule has 0 radical (unpaired) electrons. The van der Waals surface area contributed by atoms with E-state index in [0.717, 1.165) is 40.9 Å². The van der Waals surface area contributed by atoms with Gasteiger partial charge in [-0.05, 0) is 55.3 Å². The van der Waals surface area contributed by atoms with Gasteiger partial charge in [0.05, 0.1) is 0 Å². The van der Waals surface area contributed by atoms with Crippen molar-refractivity contribution in [2.75, 3.05) is 18.0 Å². The van der Waals surface area contributed by atoms with E-state index in [1.54, 1.807) is 6.07 Å². The van der Waals surface area contributed by atoms with Gasteiger partial charge in [-0.15, -0.1) is 10.2 Å². The van der Waals surface area contributed by atoms with Gasteiger partial charge in [0.1, 0.15) is 11.1 Å². The van der Waals surface area contributed by atoms with E-state index in [1.807, 2.05) is 60.7 Å². The zero-order valence-corrected chi connectivity index (χ0v) is 18.5. The molecule has 2 aromatic heterocycles. The van der Waals surface area contributed by atoms with E-state index in [4.69, 9.17) is 8.83 Å². The zero-order valence-electron chi connectivity index (χ0n) is 18.5. The van der Waals surface area contributed by atoms with E-state index in [1.165, 1.54) is 0 Å². The van der Waals surface area contributed by atoms with Crippen LogP contribution in [-0.4, -0.2) is 23.3 Å². The quantitative estimate of drug-likeness (QED) is 0.302. The van der Waals surface area contributed by atoms with Crippen molar-refractivity contribution in [2.24, 2.45) is 0 Å². The van der Waals surface area contributed by atoms with Crippen molar-refractivity contribution in [1.82, 2.24) is 10.2 Å². The highest BCUT2D eigenvalue weighted by atomic mass is 16.4. The van der Waals surface area contributed by atoms with E-state index in [2.05, 4.69) is 41.1 Å². The van der Waals surface area contributed by atoms with Crippen LogP contribution in [-0.2, 0) is 0 Å². The lowest BCUT2D eigenvalue weighted by Crippen LogP contribution is -2.21. The SMILES string of the molecule is CCN(CC)c1ccc2cc(-c3nnc(-c4ccc(-c5ccccc5)cc4)o3)c(=O)oc2c1. The van der Waals surface area contributed by atoms with Crippen LogP contribution in [0.4, 0.5) is 5.69 Å². The molecule has 0 saturated carbocycles. The Morgan fingerprint density at radius 3 is 2.12 bits per heavy atom. The van der Waals surface area contributed by atoms with E-state index >= 15 is 0 Å². The highest BCUT2D eigenvalue weighted by Gasteiger charge is 2.16. The van der Waals surface area contributed by atoms with Crippen LogP contribution in [0, 0.1) is 0 Å². The molecule has 3 aromatic carbocycles. The lowest BCUT2D eigenvalue weighted by Gasteiger charge is -2.20. The van der Waals surface area contributed by atoms with Crippen LogP contribution >= 0.6 is 0 Å². The molecule has 33 heavy (non-hydrogen) atoms. The molecule has 2 heterocycles. The minimum atomic E-state index is -0.506. The van der Waals surface area contributed by atoms with E-state index in [-0.39, 0.29) is 11.5 Å². The lowest BCUT2D eigenvalue weighted by molar-refractivity contribution is 0.547. The predicted molar refractivity (Wildman–Crippen MR) is 130 cm³/mol. The number of rotatable bonds is 6. The van der Waals surface area contributed by atoms with Gasteiger partial charge in [-0.2, -0.15) is 0 Å². The Kier molecular flexibility index (Phi) is 5.48. The smallest absolute Gasteiger partial charge is 0.349 e. The van der Waals surface area contributed by atoms with E-state index in [9.17, 15) is 4.79 Å². The summed E-state index contributed by atoms with van der Waals surface area (Å²) >= 11 is 0. The Balaban J connectivity index is 1.45. The molecule has 164 valence electrons. The topological polar surface area (TPSA) is 72.4 Å². The molecule has 0 spiro atoms. The van der Waals surface area contributed by atoms with Crippen molar-refractivity contribution >= 4 is 16.7 Å². The Bertz CT molecular complexity index is 1450. The molecule has 0 aliphatic heterocycles. The molecule has 0 amide bonds. The first kappa shape index (κ1) is 20.7. The maximum absolute atomic E-state index is 12.7. The summed E-state index contributed by atoms with van der Waals surface area (Å²) in [5.41, 5.74) is 4.30. The van der Waals surface area contributed by atoms with Gasteiger partial charge in [0.15, 0.2) is 0 Å².